The first-order valence-electron chi connectivity index (χ1n) is 4.73. The first-order chi connectivity index (χ1) is 6.88. The van der Waals surface area contributed by atoms with E-state index in [1.54, 1.807) is 0 Å². The molecule has 1 nitrogen and oxygen atoms in total. The molecule has 70 valence electrons. The van der Waals surface area contributed by atoms with Gasteiger partial charge in [-0.15, -0.1) is 0 Å². The van der Waals surface area contributed by atoms with E-state index in [1.165, 1.54) is 16.8 Å². The molecule has 1 heteroatoms. The summed E-state index contributed by atoms with van der Waals surface area (Å²) in [5, 5.41) is 3.03. The molecular weight excluding hydrogens is 170 g/mol. The predicted octanol–water partition coefficient (Wildman–Crippen LogP) is 2.87. The molecule has 0 saturated carbocycles. The monoisotopic (exact) mass is 183 g/mol. The van der Waals surface area contributed by atoms with Crippen molar-refractivity contribution in [2.45, 2.75) is 6.42 Å². The average molecular weight is 183 g/mol. The molecule has 0 atom stereocenters. The Morgan fingerprint density at radius 1 is 1.36 bits per heavy atom. The Labute approximate surface area is 84.5 Å². The zero-order valence-electron chi connectivity index (χ0n) is 8.03. The van der Waals surface area contributed by atoms with E-state index in [2.05, 4.69) is 48.3 Å². The van der Waals surface area contributed by atoms with Gasteiger partial charge >= 0.3 is 0 Å². The standard InChI is InChI=1S/C13H13N/c1-2-11-5-3-6-12(9-11)7-4-8-13-10-14-13/h2-6,8-10,14H,1,7H2/b8-4-. The maximum Gasteiger partial charge on any atom is 0.0540 e. The zero-order chi connectivity index (χ0) is 9.80. The summed E-state index contributed by atoms with van der Waals surface area (Å²) in [6.07, 6.45) is 9.09. The second-order valence-electron chi connectivity index (χ2n) is 3.30. The quantitative estimate of drug-likeness (QED) is 0.761. The Hall–Kier alpha value is -1.76. The second-order valence-corrected chi connectivity index (χ2v) is 3.30. The van der Waals surface area contributed by atoms with Crippen LogP contribution in [0.5, 0.6) is 0 Å². The highest BCUT2D eigenvalue weighted by atomic mass is 15.0. The molecule has 1 N–H and O–H groups in total. The molecule has 0 aliphatic carbocycles. The highest BCUT2D eigenvalue weighted by molar-refractivity contribution is 5.48. The van der Waals surface area contributed by atoms with Crippen LogP contribution in [0, 0.1) is 0 Å². The van der Waals surface area contributed by atoms with Gasteiger partial charge in [-0.05, 0) is 23.6 Å². The van der Waals surface area contributed by atoms with Gasteiger partial charge in [0.15, 0.2) is 0 Å². The number of nitrogens with one attached hydrogen (secondary N) is 1. The molecule has 0 aromatic heterocycles. The molecule has 0 amide bonds. The van der Waals surface area contributed by atoms with Gasteiger partial charge in [-0.1, -0.05) is 43.0 Å². The van der Waals surface area contributed by atoms with Crippen LogP contribution in [0.25, 0.3) is 6.08 Å². The Morgan fingerprint density at radius 2 is 2.21 bits per heavy atom. The molecule has 0 unspecified atom stereocenters. The fraction of sp³-hybridized carbons (Fsp3) is 0.0769. The van der Waals surface area contributed by atoms with E-state index >= 15 is 0 Å². The minimum Gasteiger partial charge on any atom is -0.359 e. The van der Waals surface area contributed by atoms with E-state index in [9.17, 15) is 0 Å². The van der Waals surface area contributed by atoms with Gasteiger partial charge in [0.1, 0.15) is 0 Å². The van der Waals surface area contributed by atoms with E-state index in [0.717, 1.165) is 6.42 Å². The van der Waals surface area contributed by atoms with E-state index in [4.69, 9.17) is 0 Å². The van der Waals surface area contributed by atoms with Crippen molar-refractivity contribution in [1.29, 1.82) is 0 Å². The minimum absolute atomic E-state index is 0.973. The lowest BCUT2D eigenvalue weighted by atomic mass is 10.1. The van der Waals surface area contributed by atoms with Crippen LogP contribution in [-0.4, -0.2) is 0 Å². The van der Waals surface area contributed by atoms with Crippen molar-refractivity contribution in [3.63, 3.8) is 0 Å². The van der Waals surface area contributed by atoms with Crippen molar-refractivity contribution >= 4 is 6.08 Å². The lowest BCUT2D eigenvalue weighted by Crippen LogP contribution is -1.82. The second kappa shape index (κ2) is 3.97. The van der Waals surface area contributed by atoms with Crippen molar-refractivity contribution < 1.29 is 0 Å². The summed E-state index contributed by atoms with van der Waals surface area (Å²) in [6.45, 7) is 3.75. The number of hydrogen-bond donors (Lipinski definition) is 1. The third-order valence-corrected chi connectivity index (χ3v) is 2.15. The minimum atomic E-state index is 0.973. The zero-order valence-corrected chi connectivity index (χ0v) is 8.03. The Balaban J connectivity index is 2.00. The fourth-order valence-electron chi connectivity index (χ4n) is 1.31. The predicted molar refractivity (Wildman–Crippen MR) is 60.6 cm³/mol. The largest absolute Gasteiger partial charge is 0.359 e. The van der Waals surface area contributed by atoms with Gasteiger partial charge in [0.25, 0.3) is 0 Å². The van der Waals surface area contributed by atoms with Gasteiger partial charge in [-0.2, -0.15) is 0 Å². The number of benzene rings is 1. The summed E-state index contributed by atoms with van der Waals surface area (Å²) >= 11 is 0. The van der Waals surface area contributed by atoms with E-state index in [0.29, 0.717) is 0 Å². The molecule has 0 fully saturated rings. The van der Waals surface area contributed by atoms with Crippen LogP contribution in [0.15, 0.2) is 54.9 Å². The summed E-state index contributed by atoms with van der Waals surface area (Å²) < 4.78 is 0. The molecule has 1 aliphatic heterocycles. The first kappa shape index (κ1) is 8.82. The van der Waals surface area contributed by atoms with Gasteiger partial charge in [0.2, 0.25) is 0 Å². The lowest BCUT2D eigenvalue weighted by Gasteiger charge is -1.97. The summed E-state index contributed by atoms with van der Waals surface area (Å²) in [7, 11) is 0. The SMILES string of the molecule is C=Cc1cccc(C/C=C\C2=CN2)c1. The number of rotatable bonds is 4. The van der Waals surface area contributed by atoms with Crippen LogP contribution >= 0.6 is 0 Å². The summed E-state index contributed by atoms with van der Waals surface area (Å²) in [4.78, 5) is 0. The van der Waals surface area contributed by atoms with Crippen LogP contribution in [0.4, 0.5) is 0 Å². The molecule has 1 heterocycles. The molecule has 0 spiro atoms. The Morgan fingerprint density at radius 3 is 2.93 bits per heavy atom. The van der Waals surface area contributed by atoms with Crippen LogP contribution in [0.2, 0.25) is 0 Å². The molecule has 0 saturated heterocycles. The molecule has 2 rings (SSSR count). The maximum atomic E-state index is 3.75. The Bertz CT molecular complexity index is 399. The van der Waals surface area contributed by atoms with Crippen LogP contribution < -0.4 is 5.32 Å². The van der Waals surface area contributed by atoms with Crippen molar-refractivity contribution in [3.8, 4) is 0 Å². The van der Waals surface area contributed by atoms with Crippen LogP contribution in [-0.2, 0) is 6.42 Å². The van der Waals surface area contributed by atoms with Crippen molar-refractivity contribution in [1.82, 2.24) is 5.32 Å². The fourth-order valence-corrected chi connectivity index (χ4v) is 1.31. The van der Waals surface area contributed by atoms with Gasteiger partial charge in [-0.3, -0.25) is 0 Å². The average Bonchev–Trinajstić information content (AvgIpc) is 3.02. The third kappa shape index (κ3) is 2.36. The molecule has 0 bridgehead atoms. The van der Waals surface area contributed by atoms with Crippen LogP contribution in [0.1, 0.15) is 11.1 Å². The highest BCUT2D eigenvalue weighted by Gasteiger charge is 1.98. The topological polar surface area (TPSA) is 21.9 Å². The van der Waals surface area contributed by atoms with Crippen LogP contribution in [0.3, 0.4) is 0 Å². The van der Waals surface area contributed by atoms with Crippen molar-refractivity contribution in [2.75, 3.05) is 0 Å². The van der Waals surface area contributed by atoms with Crippen molar-refractivity contribution in [3.05, 3.63) is 66.0 Å². The molecule has 0 radical (unpaired) electrons. The smallest absolute Gasteiger partial charge is 0.0540 e. The Kier molecular flexibility index (Phi) is 2.50. The summed E-state index contributed by atoms with van der Waals surface area (Å²) in [5.74, 6) is 0. The number of hydrogen-bond acceptors (Lipinski definition) is 1. The van der Waals surface area contributed by atoms with Gasteiger partial charge in [0.05, 0.1) is 5.70 Å². The highest BCUT2D eigenvalue weighted by Crippen LogP contribution is 2.09. The normalized spacial score (nSPS) is 13.6. The molecular formula is C13H13N. The molecule has 14 heavy (non-hydrogen) atoms. The summed E-state index contributed by atoms with van der Waals surface area (Å²) in [5.41, 5.74) is 3.71. The first-order valence-corrected chi connectivity index (χ1v) is 4.73. The van der Waals surface area contributed by atoms with Gasteiger partial charge in [-0.25, -0.2) is 0 Å². The number of allylic oxidation sites excluding steroid dienone is 2. The van der Waals surface area contributed by atoms with Crippen molar-refractivity contribution in [2.24, 2.45) is 0 Å². The van der Waals surface area contributed by atoms with Gasteiger partial charge < -0.3 is 5.32 Å². The summed E-state index contributed by atoms with van der Waals surface area (Å²) in [6, 6.07) is 8.41. The maximum absolute atomic E-state index is 3.75. The van der Waals surface area contributed by atoms with E-state index < -0.39 is 0 Å². The molecule has 1 aromatic rings. The van der Waals surface area contributed by atoms with E-state index in [-0.39, 0.29) is 0 Å². The lowest BCUT2D eigenvalue weighted by molar-refractivity contribution is 1.25. The van der Waals surface area contributed by atoms with E-state index in [1.807, 2.05) is 12.3 Å². The molecule has 1 aromatic carbocycles. The molecule has 1 aliphatic rings. The van der Waals surface area contributed by atoms with Gasteiger partial charge in [0, 0.05) is 6.20 Å². The third-order valence-electron chi connectivity index (χ3n) is 2.15.